The van der Waals surface area contributed by atoms with E-state index in [0.717, 1.165) is 0 Å². The van der Waals surface area contributed by atoms with Gasteiger partial charge in [0, 0.05) is 18.8 Å². The van der Waals surface area contributed by atoms with E-state index < -0.39 is 0 Å². The zero-order valence-corrected chi connectivity index (χ0v) is 15.3. The minimum atomic E-state index is -0.274. The minimum absolute atomic E-state index is 0.104. The summed E-state index contributed by atoms with van der Waals surface area (Å²) >= 11 is 7.34. The van der Waals surface area contributed by atoms with Crippen molar-refractivity contribution >= 4 is 34.5 Å². The highest BCUT2D eigenvalue weighted by atomic mass is 35.5. The summed E-state index contributed by atoms with van der Waals surface area (Å²) in [6, 6.07) is 4.69. The first-order valence-electron chi connectivity index (χ1n) is 7.35. The Morgan fingerprint density at radius 2 is 2.17 bits per heavy atom. The summed E-state index contributed by atoms with van der Waals surface area (Å²) < 4.78 is 2.01. The van der Waals surface area contributed by atoms with Crippen molar-refractivity contribution in [2.24, 2.45) is 0 Å². The topological polar surface area (TPSA) is 54.3 Å². The van der Waals surface area contributed by atoms with Crippen molar-refractivity contribution in [1.82, 2.24) is 9.47 Å². The Hall–Kier alpha value is -2.07. The number of amides is 1. The number of carbonyl (C=O) groups excluding carboxylic acids is 1. The van der Waals surface area contributed by atoms with Gasteiger partial charge in [0.1, 0.15) is 4.34 Å². The van der Waals surface area contributed by atoms with Crippen LogP contribution in [0.2, 0.25) is 4.34 Å². The number of halogens is 1. The summed E-state index contributed by atoms with van der Waals surface area (Å²) in [4.78, 5) is 26.3. The fraction of sp³-hybridized carbons (Fsp3) is 0.294. The Morgan fingerprint density at radius 1 is 1.42 bits per heavy atom. The molecule has 0 unspecified atom stereocenters. The van der Waals surface area contributed by atoms with Gasteiger partial charge < -0.3 is 9.88 Å². The molecule has 2 aromatic rings. The van der Waals surface area contributed by atoms with E-state index in [0.29, 0.717) is 33.6 Å². The van der Waals surface area contributed by atoms with Crippen LogP contribution >= 0.6 is 22.9 Å². The van der Waals surface area contributed by atoms with Crippen LogP contribution in [-0.2, 0) is 6.54 Å². The van der Waals surface area contributed by atoms with Gasteiger partial charge in [0.25, 0.3) is 11.5 Å². The second-order valence-corrected chi connectivity index (χ2v) is 6.99. The first-order valence-corrected chi connectivity index (χ1v) is 8.55. The minimum Gasteiger partial charge on any atom is -0.320 e. The van der Waals surface area contributed by atoms with Gasteiger partial charge in [-0.2, -0.15) is 0 Å². The lowest BCUT2D eigenvalue weighted by Crippen LogP contribution is -2.19. The highest BCUT2D eigenvalue weighted by Crippen LogP contribution is 2.27. The molecule has 0 spiro atoms. The predicted octanol–water partition coefficient (Wildman–Crippen LogP) is 2.75. The molecule has 1 amide bonds. The summed E-state index contributed by atoms with van der Waals surface area (Å²) in [5.41, 5.74) is 1.10. The van der Waals surface area contributed by atoms with Gasteiger partial charge >= 0.3 is 0 Å². The van der Waals surface area contributed by atoms with Gasteiger partial charge in [-0.3, -0.25) is 14.5 Å². The normalized spacial score (nSPS) is 10.4. The average molecular weight is 364 g/mol. The van der Waals surface area contributed by atoms with Crippen LogP contribution in [-0.4, -0.2) is 36.0 Å². The molecule has 5 nitrogen and oxygen atoms in total. The molecule has 0 atom stereocenters. The third kappa shape index (κ3) is 4.71. The first kappa shape index (κ1) is 18.3. The Morgan fingerprint density at radius 3 is 2.83 bits per heavy atom. The van der Waals surface area contributed by atoms with E-state index >= 15 is 0 Å². The van der Waals surface area contributed by atoms with E-state index in [2.05, 4.69) is 17.2 Å². The molecule has 2 rings (SSSR count). The number of hydrogen-bond donors (Lipinski definition) is 1. The lowest BCUT2D eigenvalue weighted by Gasteiger charge is -2.06. The van der Waals surface area contributed by atoms with Crippen LogP contribution in [0.25, 0.3) is 0 Å². The quantitative estimate of drug-likeness (QED) is 0.850. The molecule has 2 aromatic heterocycles. The third-order valence-corrected chi connectivity index (χ3v) is 4.47. The van der Waals surface area contributed by atoms with Crippen LogP contribution in [0.3, 0.4) is 0 Å². The molecule has 0 aliphatic heterocycles. The lowest BCUT2D eigenvalue weighted by molar-refractivity contribution is 0.103. The highest BCUT2D eigenvalue weighted by Gasteiger charge is 2.13. The number of aryl methyl sites for hydroxylation is 1. The summed E-state index contributed by atoms with van der Waals surface area (Å²) in [5.74, 6) is 5.69. The number of aromatic nitrogens is 1. The fourth-order valence-corrected chi connectivity index (χ4v) is 2.99. The van der Waals surface area contributed by atoms with Crippen molar-refractivity contribution < 1.29 is 4.79 Å². The van der Waals surface area contributed by atoms with Crippen molar-refractivity contribution in [3.05, 3.63) is 49.5 Å². The van der Waals surface area contributed by atoms with Crippen LogP contribution in [0.4, 0.5) is 5.69 Å². The largest absolute Gasteiger partial charge is 0.320 e. The standard InChI is InChI=1S/C17H18ClN3O2S/c1-4-21-11-13(7-8-15(21)22)19-17(23)14-10-12(16(18)24-14)6-5-9-20(2)3/h7-8,10-11H,4,9H2,1-3H3,(H,19,23). The predicted molar refractivity (Wildman–Crippen MR) is 99.1 cm³/mol. The Kier molecular flexibility index (Phi) is 6.21. The van der Waals surface area contributed by atoms with Gasteiger partial charge in [0.05, 0.1) is 22.7 Å². The van der Waals surface area contributed by atoms with E-state index in [-0.39, 0.29) is 11.5 Å². The molecule has 0 aliphatic carbocycles. The maximum Gasteiger partial charge on any atom is 0.265 e. The maximum atomic E-state index is 12.3. The van der Waals surface area contributed by atoms with Crippen molar-refractivity contribution in [3.8, 4) is 11.8 Å². The van der Waals surface area contributed by atoms with Crippen molar-refractivity contribution in [1.29, 1.82) is 0 Å². The Bertz CT molecular complexity index is 859. The molecule has 0 saturated carbocycles. The molecular weight excluding hydrogens is 346 g/mol. The molecule has 0 bridgehead atoms. The molecule has 0 fully saturated rings. The van der Waals surface area contributed by atoms with Crippen LogP contribution in [0.15, 0.2) is 29.2 Å². The third-order valence-electron chi connectivity index (χ3n) is 3.11. The molecule has 1 N–H and O–H groups in total. The molecule has 0 aliphatic rings. The maximum absolute atomic E-state index is 12.3. The summed E-state index contributed by atoms with van der Waals surface area (Å²) in [6.45, 7) is 3.02. The van der Waals surface area contributed by atoms with E-state index in [4.69, 9.17) is 11.6 Å². The summed E-state index contributed by atoms with van der Waals surface area (Å²) in [7, 11) is 3.86. The first-order chi connectivity index (χ1) is 11.4. The molecule has 24 heavy (non-hydrogen) atoms. The smallest absolute Gasteiger partial charge is 0.265 e. The number of pyridine rings is 1. The van der Waals surface area contributed by atoms with Gasteiger partial charge in [0.2, 0.25) is 0 Å². The number of hydrogen-bond acceptors (Lipinski definition) is 4. The number of carbonyl (C=O) groups is 1. The van der Waals surface area contributed by atoms with Crippen LogP contribution < -0.4 is 10.9 Å². The van der Waals surface area contributed by atoms with Gasteiger partial charge in [-0.05, 0) is 33.2 Å². The number of anilines is 1. The molecular formula is C17H18ClN3O2S. The molecule has 2 heterocycles. The van der Waals surface area contributed by atoms with Crippen LogP contribution in [0.5, 0.6) is 0 Å². The molecule has 0 aromatic carbocycles. The second kappa shape index (κ2) is 8.15. The monoisotopic (exact) mass is 363 g/mol. The Balaban J connectivity index is 2.15. The number of nitrogens with one attached hydrogen (secondary N) is 1. The molecule has 126 valence electrons. The van der Waals surface area contributed by atoms with Crippen LogP contribution in [0.1, 0.15) is 22.2 Å². The lowest BCUT2D eigenvalue weighted by atomic mass is 10.3. The average Bonchev–Trinajstić information content (AvgIpc) is 2.90. The van der Waals surface area contributed by atoms with E-state index in [9.17, 15) is 9.59 Å². The van der Waals surface area contributed by atoms with Crippen molar-refractivity contribution in [3.63, 3.8) is 0 Å². The SMILES string of the molecule is CCn1cc(NC(=O)c2cc(C#CCN(C)C)c(Cl)s2)ccc1=O. The van der Waals surface area contributed by atoms with Gasteiger partial charge in [-0.1, -0.05) is 23.4 Å². The van der Waals surface area contributed by atoms with Gasteiger partial charge in [-0.25, -0.2) is 0 Å². The molecule has 0 saturated heterocycles. The van der Waals surface area contributed by atoms with Crippen molar-refractivity contribution in [2.75, 3.05) is 26.0 Å². The summed E-state index contributed by atoms with van der Waals surface area (Å²) in [6.07, 6.45) is 1.62. The van der Waals surface area contributed by atoms with Gasteiger partial charge in [-0.15, -0.1) is 11.3 Å². The van der Waals surface area contributed by atoms with Crippen molar-refractivity contribution in [2.45, 2.75) is 13.5 Å². The zero-order chi connectivity index (χ0) is 17.7. The van der Waals surface area contributed by atoms with E-state index in [1.807, 2.05) is 25.9 Å². The van der Waals surface area contributed by atoms with Crippen LogP contribution in [0, 0.1) is 11.8 Å². The Labute approximate surface area is 149 Å². The highest BCUT2D eigenvalue weighted by molar-refractivity contribution is 7.18. The molecule has 0 radical (unpaired) electrons. The number of thiophene rings is 1. The number of rotatable bonds is 4. The fourth-order valence-electron chi connectivity index (χ4n) is 1.90. The summed E-state index contributed by atoms with van der Waals surface area (Å²) in [5, 5.41) is 2.77. The van der Waals surface area contributed by atoms with Gasteiger partial charge in [0.15, 0.2) is 0 Å². The number of nitrogens with zero attached hydrogens (tertiary/aromatic N) is 2. The zero-order valence-electron chi connectivity index (χ0n) is 13.7. The van der Waals surface area contributed by atoms with E-state index in [1.165, 1.54) is 22.0 Å². The molecule has 7 heteroatoms. The second-order valence-electron chi connectivity index (χ2n) is 5.33. The van der Waals surface area contributed by atoms with E-state index in [1.54, 1.807) is 18.3 Å².